The van der Waals surface area contributed by atoms with Gasteiger partial charge in [0.2, 0.25) is 21.8 Å². The zero-order valence-corrected chi connectivity index (χ0v) is 15.9. The van der Waals surface area contributed by atoms with Crippen molar-refractivity contribution in [1.82, 2.24) is 10.0 Å². The van der Waals surface area contributed by atoms with Crippen LogP contribution in [-0.2, 0) is 30.4 Å². The lowest BCUT2D eigenvalue weighted by molar-refractivity contribution is -0.128. The van der Waals surface area contributed by atoms with Crippen molar-refractivity contribution >= 4 is 44.4 Å². The van der Waals surface area contributed by atoms with Crippen LogP contribution in [0.3, 0.4) is 0 Å². The number of primary amides is 1. The van der Waals surface area contributed by atoms with Crippen molar-refractivity contribution in [2.24, 2.45) is 5.73 Å². The Morgan fingerprint density at radius 1 is 1.44 bits per heavy atom. The van der Waals surface area contributed by atoms with Gasteiger partial charge in [-0.25, -0.2) is 8.42 Å². The molecule has 0 aliphatic carbocycles. The normalized spacial score (nSPS) is 21.4. The van der Waals surface area contributed by atoms with Crippen LogP contribution in [0.1, 0.15) is 6.42 Å². The number of nitrogens with one attached hydrogen (secondary N) is 2. The third kappa shape index (κ3) is 5.27. The first-order chi connectivity index (χ1) is 11.7. The summed E-state index contributed by atoms with van der Waals surface area (Å²) in [7, 11) is -4.99. The molecule has 1 aliphatic heterocycles. The average molecular weight is 406 g/mol. The predicted molar refractivity (Wildman–Crippen MR) is 96.0 cm³/mol. The Balaban J connectivity index is 2.12. The number of fused-ring (bicyclic) bond motifs is 1. The largest absolute Gasteiger partial charge is 0.368 e. The van der Waals surface area contributed by atoms with Gasteiger partial charge in [-0.2, -0.15) is 4.72 Å². The minimum Gasteiger partial charge on any atom is -0.368 e. The third-order valence-electron chi connectivity index (χ3n) is 3.51. The molecule has 11 heteroatoms. The molecule has 1 aromatic carbocycles. The highest BCUT2D eigenvalue weighted by Crippen LogP contribution is 2.30. The van der Waals surface area contributed by atoms with E-state index >= 15 is 0 Å². The fourth-order valence-electron chi connectivity index (χ4n) is 2.22. The highest BCUT2D eigenvalue weighted by Gasteiger charge is 2.32. The second-order valence-electron chi connectivity index (χ2n) is 5.46. The molecule has 1 aliphatic rings. The van der Waals surface area contributed by atoms with Crippen LogP contribution in [0.15, 0.2) is 34.1 Å². The first-order valence-electron chi connectivity index (χ1n) is 7.34. The zero-order chi connectivity index (χ0) is 18.6. The summed E-state index contributed by atoms with van der Waals surface area (Å²) in [4.78, 5) is 24.6. The molecule has 0 aromatic heterocycles. The molecule has 2 amide bonds. The fourth-order valence-corrected chi connectivity index (χ4v) is 5.65. The van der Waals surface area contributed by atoms with Gasteiger partial charge in [-0.15, -0.1) is 11.8 Å². The minimum atomic E-state index is -3.85. The highest BCUT2D eigenvalue weighted by molar-refractivity contribution is 8.00. The van der Waals surface area contributed by atoms with E-state index in [4.69, 9.17) is 5.73 Å². The van der Waals surface area contributed by atoms with Crippen molar-refractivity contribution in [3.05, 3.63) is 24.3 Å². The molecule has 0 radical (unpaired) electrons. The van der Waals surface area contributed by atoms with Crippen LogP contribution in [0.2, 0.25) is 0 Å². The molecule has 3 atom stereocenters. The van der Waals surface area contributed by atoms with Crippen LogP contribution in [0.4, 0.5) is 0 Å². The maximum atomic E-state index is 12.4. The predicted octanol–water partition coefficient (Wildman–Crippen LogP) is -0.822. The highest BCUT2D eigenvalue weighted by atomic mass is 32.2. The van der Waals surface area contributed by atoms with E-state index < -0.39 is 44.7 Å². The van der Waals surface area contributed by atoms with Gasteiger partial charge >= 0.3 is 0 Å². The summed E-state index contributed by atoms with van der Waals surface area (Å²) in [6.45, 7) is 0. The van der Waals surface area contributed by atoms with Gasteiger partial charge in [-0.1, -0.05) is 12.1 Å². The van der Waals surface area contributed by atoms with Crippen molar-refractivity contribution in [2.75, 3.05) is 17.8 Å². The Morgan fingerprint density at radius 2 is 2.12 bits per heavy atom. The fraction of sp³-hybridized carbons (Fsp3) is 0.429. The summed E-state index contributed by atoms with van der Waals surface area (Å²) in [5.74, 6) is -1.03. The van der Waals surface area contributed by atoms with Crippen molar-refractivity contribution < 1.29 is 22.2 Å². The van der Waals surface area contributed by atoms with Crippen molar-refractivity contribution in [3.63, 3.8) is 0 Å². The molecule has 1 heterocycles. The lowest BCUT2D eigenvalue weighted by Gasteiger charge is -2.19. The van der Waals surface area contributed by atoms with Gasteiger partial charge in [-0.3, -0.25) is 13.8 Å². The average Bonchev–Trinajstić information content (AvgIpc) is 2.67. The van der Waals surface area contributed by atoms with Gasteiger partial charge in [0, 0.05) is 33.5 Å². The first-order valence-corrected chi connectivity index (χ1v) is 11.5. The molecule has 1 aromatic rings. The van der Waals surface area contributed by atoms with E-state index in [2.05, 4.69) is 10.0 Å². The molecule has 0 saturated heterocycles. The summed E-state index contributed by atoms with van der Waals surface area (Å²) < 4.78 is 38.3. The molecule has 0 fully saturated rings. The molecule has 138 valence electrons. The van der Waals surface area contributed by atoms with Crippen LogP contribution < -0.4 is 15.8 Å². The number of carbonyl (C=O) groups is 2. The van der Waals surface area contributed by atoms with E-state index in [1.165, 1.54) is 24.1 Å². The van der Waals surface area contributed by atoms with Crippen LogP contribution in [0.5, 0.6) is 0 Å². The molecule has 0 saturated carbocycles. The number of benzene rings is 1. The molecular formula is C14H19N3O5S3. The van der Waals surface area contributed by atoms with E-state index in [0.29, 0.717) is 4.90 Å². The molecule has 1 unspecified atom stereocenters. The smallest absolute Gasteiger partial charge is 0.242 e. The number of thioether (sulfide) groups is 1. The second kappa shape index (κ2) is 8.30. The van der Waals surface area contributed by atoms with E-state index in [1.54, 1.807) is 18.2 Å². The zero-order valence-electron chi connectivity index (χ0n) is 13.4. The van der Waals surface area contributed by atoms with Gasteiger partial charge in [0.1, 0.15) is 12.1 Å². The van der Waals surface area contributed by atoms with E-state index in [0.717, 1.165) is 0 Å². The molecule has 0 bridgehead atoms. The summed E-state index contributed by atoms with van der Waals surface area (Å²) in [6.07, 6.45) is 1.60. The Labute approximate surface area is 152 Å². The summed E-state index contributed by atoms with van der Waals surface area (Å²) in [6, 6.07) is 4.41. The first kappa shape index (κ1) is 19.9. The third-order valence-corrected chi connectivity index (χ3v) is 7.15. The maximum Gasteiger partial charge on any atom is 0.242 e. The monoisotopic (exact) mass is 405 g/mol. The van der Waals surface area contributed by atoms with Gasteiger partial charge in [0.25, 0.3) is 0 Å². The molecule has 0 spiro atoms. The topological polar surface area (TPSA) is 135 Å². The van der Waals surface area contributed by atoms with Crippen molar-refractivity contribution in [2.45, 2.75) is 28.3 Å². The van der Waals surface area contributed by atoms with Crippen molar-refractivity contribution in [3.8, 4) is 0 Å². The summed E-state index contributed by atoms with van der Waals surface area (Å²) >= 11 is 1.23. The van der Waals surface area contributed by atoms with E-state index in [1.807, 2.05) is 0 Å². The molecular weight excluding hydrogens is 386 g/mol. The number of hydrogen-bond donors (Lipinski definition) is 3. The number of carbonyl (C=O) groups excluding carboxylic acids is 2. The summed E-state index contributed by atoms with van der Waals surface area (Å²) in [5, 5.41) is 2.45. The maximum absolute atomic E-state index is 12.4. The van der Waals surface area contributed by atoms with Crippen molar-refractivity contribution in [1.29, 1.82) is 0 Å². The van der Waals surface area contributed by atoms with E-state index in [-0.39, 0.29) is 22.8 Å². The second-order valence-corrected chi connectivity index (χ2v) is 9.76. The number of amides is 2. The molecule has 4 N–H and O–H groups in total. The van der Waals surface area contributed by atoms with E-state index in [9.17, 15) is 22.2 Å². The number of sulfonamides is 1. The quantitative estimate of drug-likeness (QED) is 0.566. The molecule has 25 heavy (non-hydrogen) atoms. The lowest BCUT2D eigenvalue weighted by Crippen LogP contribution is -2.53. The Kier molecular flexibility index (Phi) is 6.60. The van der Waals surface area contributed by atoms with Crippen LogP contribution in [0, 0.1) is 0 Å². The molecule has 2 rings (SSSR count). The van der Waals surface area contributed by atoms with Crippen LogP contribution >= 0.6 is 11.8 Å². The van der Waals surface area contributed by atoms with Crippen LogP contribution in [-0.4, -0.2) is 54.3 Å². The Bertz CT molecular complexity index is 797. The van der Waals surface area contributed by atoms with Gasteiger partial charge < -0.3 is 11.1 Å². The van der Waals surface area contributed by atoms with Gasteiger partial charge in [0.05, 0.1) is 4.90 Å². The molecule has 8 nitrogen and oxygen atoms in total. The summed E-state index contributed by atoms with van der Waals surface area (Å²) in [5.41, 5.74) is 5.26. The Hall–Kier alpha value is -1.43. The number of rotatable bonds is 6. The van der Waals surface area contributed by atoms with Gasteiger partial charge in [0.15, 0.2) is 0 Å². The number of hydrogen-bond acceptors (Lipinski definition) is 6. The minimum absolute atomic E-state index is 0.114. The lowest BCUT2D eigenvalue weighted by atomic mass is 10.2. The van der Waals surface area contributed by atoms with Crippen LogP contribution in [0.25, 0.3) is 0 Å². The SMILES string of the molecule is CS(=O)CC[C@H](NC(=O)[C@@H]1CSc2ccccc2S(=O)(=O)N1)C(N)=O. The standard InChI is InChI=1S/C14H19N3O5S3/c1-24(20)7-6-9(13(15)18)16-14(19)10-8-23-11-4-2-3-5-12(11)25(21,22)17-10/h2-5,9-10,17H,6-8H2,1H3,(H2,15,18)(H,16,19)/t9-,10-,24?/m0/s1. The Morgan fingerprint density at radius 3 is 2.76 bits per heavy atom. The number of nitrogens with two attached hydrogens (primary N) is 1. The van der Waals surface area contributed by atoms with Gasteiger partial charge in [-0.05, 0) is 18.6 Å².